The molecule has 7 heteroatoms. The van der Waals surface area contributed by atoms with E-state index in [1.165, 1.54) is 0 Å². The van der Waals surface area contributed by atoms with Crippen molar-refractivity contribution in [1.82, 2.24) is 4.98 Å². The van der Waals surface area contributed by atoms with Gasteiger partial charge in [-0.15, -0.1) is 0 Å². The maximum Gasteiger partial charge on any atom is 0.374 e. The summed E-state index contributed by atoms with van der Waals surface area (Å²) < 4.78 is 16.7. The van der Waals surface area contributed by atoms with Crippen molar-refractivity contribution in [2.45, 2.75) is 13.5 Å². The van der Waals surface area contributed by atoms with Crippen LogP contribution >= 0.6 is 15.9 Å². The Labute approximate surface area is 145 Å². The number of hydrogen-bond acceptors (Lipinski definition) is 5. The summed E-state index contributed by atoms with van der Waals surface area (Å²) in [5.41, 5.74) is 1.33. The van der Waals surface area contributed by atoms with Crippen LogP contribution in [0.1, 0.15) is 33.5 Å². The summed E-state index contributed by atoms with van der Waals surface area (Å²) in [4.78, 5) is 26.9. The highest BCUT2D eigenvalue weighted by Crippen LogP contribution is 2.30. The van der Waals surface area contributed by atoms with Crippen LogP contribution in [-0.4, -0.2) is 23.5 Å². The van der Waals surface area contributed by atoms with E-state index in [9.17, 15) is 9.59 Å². The summed E-state index contributed by atoms with van der Waals surface area (Å²) in [7, 11) is 0. The van der Waals surface area contributed by atoms with Gasteiger partial charge < -0.3 is 18.9 Å². The van der Waals surface area contributed by atoms with Crippen molar-refractivity contribution in [3.8, 4) is 0 Å². The monoisotopic (exact) mass is 391 g/mol. The number of carbonyl (C=O) groups excluding carboxylic acids is 2. The zero-order valence-corrected chi connectivity index (χ0v) is 14.4. The molecule has 3 rings (SSSR count). The number of hydrogen-bond donors (Lipinski definition) is 1. The van der Waals surface area contributed by atoms with E-state index in [-0.39, 0.29) is 19.0 Å². The first kappa shape index (κ1) is 16.3. The second-order valence-corrected chi connectivity index (χ2v) is 5.85. The van der Waals surface area contributed by atoms with Gasteiger partial charge in [0.2, 0.25) is 5.76 Å². The highest BCUT2D eigenvalue weighted by molar-refractivity contribution is 9.10. The number of benzene rings is 1. The van der Waals surface area contributed by atoms with Crippen LogP contribution in [0.2, 0.25) is 0 Å². The van der Waals surface area contributed by atoms with Gasteiger partial charge in [-0.3, -0.25) is 0 Å². The van der Waals surface area contributed by atoms with Crippen molar-refractivity contribution in [2.75, 3.05) is 6.61 Å². The van der Waals surface area contributed by atoms with Crippen LogP contribution in [0.3, 0.4) is 0 Å². The van der Waals surface area contributed by atoms with Crippen molar-refractivity contribution in [3.63, 3.8) is 0 Å². The van der Waals surface area contributed by atoms with Crippen LogP contribution in [0.4, 0.5) is 0 Å². The minimum atomic E-state index is -0.587. The first-order valence-electron chi connectivity index (χ1n) is 7.28. The molecule has 2 heterocycles. The molecule has 0 spiro atoms. The molecule has 6 nitrogen and oxygen atoms in total. The summed E-state index contributed by atoms with van der Waals surface area (Å²) in [5.74, 6) is -1.06. The predicted molar refractivity (Wildman–Crippen MR) is 89.8 cm³/mol. The van der Waals surface area contributed by atoms with Crippen molar-refractivity contribution in [3.05, 3.63) is 58.0 Å². The van der Waals surface area contributed by atoms with Crippen molar-refractivity contribution in [2.24, 2.45) is 0 Å². The van der Waals surface area contributed by atoms with Gasteiger partial charge in [0.1, 0.15) is 17.9 Å². The van der Waals surface area contributed by atoms with Gasteiger partial charge in [0, 0.05) is 16.1 Å². The highest BCUT2D eigenvalue weighted by Gasteiger charge is 2.23. The molecule has 0 unspecified atom stereocenters. The van der Waals surface area contributed by atoms with Gasteiger partial charge in [-0.05, 0) is 37.3 Å². The van der Waals surface area contributed by atoms with E-state index in [0.29, 0.717) is 22.2 Å². The molecular formula is C17H14BrNO5. The summed E-state index contributed by atoms with van der Waals surface area (Å²) >= 11 is 3.38. The smallest absolute Gasteiger partial charge is 0.374 e. The number of H-pyrrole nitrogens is 1. The van der Waals surface area contributed by atoms with E-state index in [1.807, 2.05) is 0 Å². The number of fused-ring (bicyclic) bond motifs is 1. The Kier molecular flexibility index (Phi) is 4.71. The lowest BCUT2D eigenvalue weighted by Crippen LogP contribution is -2.10. The Morgan fingerprint density at radius 3 is 2.75 bits per heavy atom. The van der Waals surface area contributed by atoms with Crippen molar-refractivity contribution < 1.29 is 23.5 Å². The second-order valence-electron chi connectivity index (χ2n) is 4.93. The molecule has 0 radical (unpaired) electrons. The Hall–Kier alpha value is -2.54. The third-order valence-corrected chi connectivity index (χ3v) is 3.87. The van der Waals surface area contributed by atoms with Gasteiger partial charge in [-0.2, -0.15) is 0 Å². The van der Waals surface area contributed by atoms with Gasteiger partial charge in [0.05, 0.1) is 12.2 Å². The Balaban J connectivity index is 1.94. The highest BCUT2D eigenvalue weighted by atomic mass is 79.9. The molecule has 1 N–H and O–H groups in total. The molecule has 0 aliphatic rings. The number of aromatic amines is 1. The van der Waals surface area contributed by atoms with Gasteiger partial charge >= 0.3 is 11.9 Å². The SMILES string of the molecule is CCOC(=O)c1oc2ccc(Br)cc2c1COC(=O)c1ccc[nH]1. The van der Waals surface area contributed by atoms with Crippen LogP contribution in [0, 0.1) is 0 Å². The largest absolute Gasteiger partial charge is 0.460 e. The third-order valence-electron chi connectivity index (χ3n) is 3.38. The van der Waals surface area contributed by atoms with Gasteiger partial charge in [-0.25, -0.2) is 9.59 Å². The summed E-state index contributed by atoms with van der Waals surface area (Å²) in [6.07, 6.45) is 1.63. The van der Waals surface area contributed by atoms with Crippen LogP contribution in [-0.2, 0) is 16.1 Å². The van der Waals surface area contributed by atoms with Gasteiger partial charge in [0.25, 0.3) is 0 Å². The number of ether oxygens (including phenoxy) is 2. The Bertz CT molecular complexity index is 882. The van der Waals surface area contributed by atoms with Crippen molar-refractivity contribution in [1.29, 1.82) is 0 Å². The maximum atomic E-state index is 12.1. The van der Waals surface area contributed by atoms with Crippen molar-refractivity contribution >= 4 is 38.8 Å². The molecule has 24 heavy (non-hydrogen) atoms. The average Bonchev–Trinajstić information content (AvgIpc) is 3.20. The number of nitrogens with one attached hydrogen (secondary N) is 1. The molecule has 0 amide bonds. The molecule has 0 aliphatic heterocycles. The van der Waals surface area contributed by atoms with Gasteiger partial charge in [-0.1, -0.05) is 15.9 Å². The fraction of sp³-hybridized carbons (Fsp3) is 0.176. The lowest BCUT2D eigenvalue weighted by atomic mass is 10.1. The standard InChI is InChI=1S/C17H14BrNO5/c1-2-22-17(21)15-12(9-23-16(20)13-4-3-7-19-13)11-8-10(18)5-6-14(11)24-15/h3-8,19H,2,9H2,1H3. The normalized spacial score (nSPS) is 10.8. The van der Waals surface area contributed by atoms with Crippen LogP contribution in [0.25, 0.3) is 11.0 Å². The van der Waals surface area contributed by atoms with Crippen LogP contribution in [0.5, 0.6) is 0 Å². The number of esters is 2. The number of aromatic nitrogens is 1. The molecule has 3 aromatic rings. The molecule has 0 atom stereocenters. The Morgan fingerprint density at radius 2 is 2.04 bits per heavy atom. The minimum Gasteiger partial charge on any atom is -0.460 e. The van der Waals surface area contributed by atoms with E-state index >= 15 is 0 Å². The van der Waals surface area contributed by atoms with E-state index in [2.05, 4.69) is 20.9 Å². The van der Waals surface area contributed by atoms with E-state index in [1.54, 1.807) is 43.5 Å². The fourth-order valence-electron chi connectivity index (χ4n) is 2.30. The molecule has 124 valence electrons. The lowest BCUT2D eigenvalue weighted by molar-refractivity contribution is 0.0431. The fourth-order valence-corrected chi connectivity index (χ4v) is 2.66. The van der Waals surface area contributed by atoms with E-state index < -0.39 is 11.9 Å². The summed E-state index contributed by atoms with van der Waals surface area (Å²) in [6.45, 7) is 1.83. The zero-order valence-electron chi connectivity index (χ0n) is 12.8. The summed E-state index contributed by atoms with van der Waals surface area (Å²) in [6, 6.07) is 8.65. The van der Waals surface area contributed by atoms with Crippen LogP contribution in [0.15, 0.2) is 45.4 Å². The maximum absolute atomic E-state index is 12.1. The molecule has 0 bridgehead atoms. The van der Waals surface area contributed by atoms with Crippen LogP contribution < -0.4 is 0 Å². The average molecular weight is 392 g/mol. The molecule has 0 fully saturated rings. The molecule has 2 aromatic heterocycles. The van der Waals surface area contributed by atoms with E-state index in [4.69, 9.17) is 13.9 Å². The van der Waals surface area contributed by atoms with Gasteiger partial charge in [0.15, 0.2) is 0 Å². The van der Waals surface area contributed by atoms with E-state index in [0.717, 1.165) is 4.47 Å². The quantitative estimate of drug-likeness (QED) is 0.663. The molecule has 1 aromatic carbocycles. The molecule has 0 aliphatic carbocycles. The number of carbonyl (C=O) groups is 2. The molecule has 0 saturated heterocycles. The zero-order chi connectivity index (χ0) is 17.1. The first-order valence-corrected chi connectivity index (χ1v) is 8.08. The second kappa shape index (κ2) is 6.92. The number of rotatable bonds is 5. The first-order chi connectivity index (χ1) is 11.6. The lowest BCUT2D eigenvalue weighted by Gasteiger charge is -2.05. The number of furan rings is 1. The Morgan fingerprint density at radius 1 is 1.21 bits per heavy atom. The minimum absolute atomic E-state index is 0.0456. The summed E-state index contributed by atoms with van der Waals surface area (Å²) in [5, 5.41) is 0.687. The third kappa shape index (κ3) is 3.21. The topological polar surface area (TPSA) is 81.5 Å². The number of halogens is 1. The molecule has 0 saturated carbocycles. The predicted octanol–water partition coefficient (Wildman–Crippen LogP) is 4.06. The molecular weight excluding hydrogens is 378 g/mol.